The summed E-state index contributed by atoms with van der Waals surface area (Å²) in [6.45, 7) is 5.48. The van der Waals surface area contributed by atoms with E-state index >= 15 is 0 Å². The largest absolute Gasteiger partial charge is 0.306 e. The van der Waals surface area contributed by atoms with E-state index in [9.17, 15) is 0 Å². The van der Waals surface area contributed by atoms with Crippen LogP contribution in [-0.2, 0) is 6.54 Å². The molecule has 0 aliphatic rings. The molecule has 0 bridgehead atoms. The zero-order valence-electron chi connectivity index (χ0n) is 11.8. The number of hydrogen-bond acceptors (Lipinski definition) is 1. The molecular weight excluding hydrogens is 230 g/mol. The fourth-order valence-electron chi connectivity index (χ4n) is 2.33. The average molecular weight is 253 g/mol. The molecule has 0 saturated heterocycles. The quantitative estimate of drug-likeness (QED) is 0.795. The van der Waals surface area contributed by atoms with Crippen molar-refractivity contribution < 1.29 is 0 Å². The third kappa shape index (κ3) is 4.53. The summed E-state index contributed by atoms with van der Waals surface area (Å²) in [5.74, 6) is 0.688. The molecule has 2 aromatic rings. The molecule has 0 fully saturated rings. The van der Waals surface area contributed by atoms with Crippen LogP contribution < -0.4 is 5.32 Å². The summed E-state index contributed by atoms with van der Waals surface area (Å²) in [4.78, 5) is 0. The molecule has 0 aliphatic heterocycles. The van der Waals surface area contributed by atoms with Crippen molar-refractivity contribution in [3.05, 3.63) is 71.8 Å². The van der Waals surface area contributed by atoms with E-state index in [2.05, 4.69) is 79.8 Å². The Bertz CT molecular complexity index is 462. The predicted molar refractivity (Wildman–Crippen MR) is 81.9 cm³/mol. The van der Waals surface area contributed by atoms with Gasteiger partial charge in [-0.1, -0.05) is 74.5 Å². The van der Waals surface area contributed by atoms with Crippen LogP contribution in [0.4, 0.5) is 0 Å². The second-order valence-corrected chi connectivity index (χ2v) is 5.46. The molecular formula is C18H23N. The molecule has 0 aromatic heterocycles. The summed E-state index contributed by atoms with van der Waals surface area (Å²) in [6, 6.07) is 21.8. The van der Waals surface area contributed by atoms with Crippen molar-refractivity contribution in [1.82, 2.24) is 5.32 Å². The van der Waals surface area contributed by atoms with E-state index in [0.29, 0.717) is 12.0 Å². The normalized spacial score (nSPS) is 12.6. The van der Waals surface area contributed by atoms with E-state index in [-0.39, 0.29) is 0 Å². The summed E-state index contributed by atoms with van der Waals surface area (Å²) < 4.78 is 0. The minimum Gasteiger partial charge on any atom is -0.306 e. The minimum absolute atomic E-state index is 0.432. The van der Waals surface area contributed by atoms with Crippen LogP contribution in [0.3, 0.4) is 0 Å². The summed E-state index contributed by atoms with van der Waals surface area (Å²) in [7, 11) is 0. The van der Waals surface area contributed by atoms with Crippen LogP contribution in [0.5, 0.6) is 0 Å². The lowest BCUT2D eigenvalue weighted by Gasteiger charge is -2.21. The van der Waals surface area contributed by atoms with Crippen molar-refractivity contribution >= 4 is 0 Å². The Hall–Kier alpha value is -1.60. The highest BCUT2D eigenvalue weighted by Gasteiger charge is 2.12. The van der Waals surface area contributed by atoms with Crippen molar-refractivity contribution in [2.75, 3.05) is 0 Å². The van der Waals surface area contributed by atoms with Crippen molar-refractivity contribution in [3.63, 3.8) is 0 Å². The first-order valence-corrected chi connectivity index (χ1v) is 7.08. The van der Waals surface area contributed by atoms with Gasteiger partial charge in [-0.25, -0.2) is 0 Å². The monoisotopic (exact) mass is 253 g/mol. The number of benzene rings is 2. The third-order valence-electron chi connectivity index (χ3n) is 3.30. The van der Waals surface area contributed by atoms with E-state index in [4.69, 9.17) is 0 Å². The second kappa shape index (κ2) is 7.10. The summed E-state index contributed by atoms with van der Waals surface area (Å²) in [6.07, 6.45) is 1.16. The molecule has 1 heteroatoms. The molecule has 1 N–H and O–H groups in total. The van der Waals surface area contributed by atoms with Crippen molar-refractivity contribution in [1.29, 1.82) is 0 Å². The molecule has 0 amide bonds. The Balaban J connectivity index is 2.02. The Kier molecular flexibility index (Phi) is 5.17. The van der Waals surface area contributed by atoms with Crippen molar-refractivity contribution in [3.8, 4) is 0 Å². The molecule has 2 rings (SSSR count). The van der Waals surface area contributed by atoms with Crippen LogP contribution in [-0.4, -0.2) is 0 Å². The van der Waals surface area contributed by atoms with Gasteiger partial charge in [-0.2, -0.15) is 0 Å². The zero-order valence-corrected chi connectivity index (χ0v) is 11.8. The van der Waals surface area contributed by atoms with Crippen molar-refractivity contribution in [2.45, 2.75) is 32.9 Å². The Morgan fingerprint density at radius 2 is 1.42 bits per heavy atom. The molecule has 100 valence electrons. The van der Waals surface area contributed by atoms with Gasteiger partial charge in [-0.05, 0) is 23.5 Å². The highest BCUT2D eigenvalue weighted by Crippen LogP contribution is 2.21. The SMILES string of the molecule is CC(C)C[C@@H](NCc1ccccc1)c1ccccc1. The van der Waals surface area contributed by atoms with Crippen LogP contribution in [0.25, 0.3) is 0 Å². The number of nitrogens with one attached hydrogen (secondary N) is 1. The van der Waals surface area contributed by atoms with Gasteiger partial charge in [-0.15, -0.1) is 0 Å². The van der Waals surface area contributed by atoms with E-state index in [1.807, 2.05) is 0 Å². The maximum atomic E-state index is 3.68. The molecule has 0 heterocycles. The zero-order chi connectivity index (χ0) is 13.5. The summed E-state index contributed by atoms with van der Waals surface area (Å²) in [5, 5.41) is 3.68. The van der Waals surface area contributed by atoms with E-state index in [1.54, 1.807) is 0 Å². The van der Waals surface area contributed by atoms with Gasteiger partial charge in [0.25, 0.3) is 0 Å². The van der Waals surface area contributed by atoms with E-state index in [1.165, 1.54) is 11.1 Å². The maximum absolute atomic E-state index is 3.68. The molecule has 0 spiro atoms. The molecule has 1 nitrogen and oxygen atoms in total. The van der Waals surface area contributed by atoms with E-state index < -0.39 is 0 Å². The number of hydrogen-bond donors (Lipinski definition) is 1. The van der Waals surface area contributed by atoms with Crippen LogP contribution >= 0.6 is 0 Å². The van der Waals surface area contributed by atoms with E-state index in [0.717, 1.165) is 13.0 Å². The highest BCUT2D eigenvalue weighted by molar-refractivity contribution is 5.20. The molecule has 19 heavy (non-hydrogen) atoms. The first-order chi connectivity index (χ1) is 9.25. The first-order valence-electron chi connectivity index (χ1n) is 7.08. The minimum atomic E-state index is 0.432. The predicted octanol–water partition coefficient (Wildman–Crippen LogP) is 4.56. The van der Waals surface area contributed by atoms with Gasteiger partial charge in [0.1, 0.15) is 0 Å². The van der Waals surface area contributed by atoms with Gasteiger partial charge >= 0.3 is 0 Å². The lowest BCUT2D eigenvalue weighted by Crippen LogP contribution is -2.22. The summed E-state index contributed by atoms with van der Waals surface area (Å²) in [5.41, 5.74) is 2.72. The molecule has 0 radical (unpaired) electrons. The lowest BCUT2D eigenvalue weighted by molar-refractivity contribution is 0.428. The standard InChI is InChI=1S/C18H23N/c1-15(2)13-18(17-11-7-4-8-12-17)19-14-16-9-5-3-6-10-16/h3-12,15,18-19H,13-14H2,1-2H3/t18-/m1/s1. The van der Waals surface area contributed by atoms with Gasteiger partial charge in [0.05, 0.1) is 0 Å². The fraction of sp³-hybridized carbons (Fsp3) is 0.333. The Morgan fingerprint density at radius 3 is 2.00 bits per heavy atom. The van der Waals surface area contributed by atoms with Crippen LogP contribution in [0.15, 0.2) is 60.7 Å². The van der Waals surface area contributed by atoms with Gasteiger partial charge < -0.3 is 5.32 Å². The van der Waals surface area contributed by atoms with Crippen LogP contribution in [0.2, 0.25) is 0 Å². The number of rotatable bonds is 6. The molecule has 0 unspecified atom stereocenters. The average Bonchev–Trinajstić information content (AvgIpc) is 2.45. The Morgan fingerprint density at radius 1 is 0.842 bits per heavy atom. The molecule has 0 aliphatic carbocycles. The van der Waals surface area contributed by atoms with Gasteiger partial charge in [-0.3, -0.25) is 0 Å². The van der Waals surface area contributed by atoms with Gasteiger partial charge in [0, 0.05) is 12.6 Å². The van der Waals surface area contributed by atoms with Gasteiger partial charge in [0.2, 0.25) is 0 Å². The molecule has 0 saturated carbocycles. The smallest absolute Gasteiger partial charge is 0.0325 e. The van der Waals surface area contributed by atoms with Crippen LogP contribution in [0.1, 0.15) is 37.4 Å². The lowest BCUT2D eigenvalue weighted by atomic mass is 9.97. The van der Waals surface area contributed by atoms with Crippen molar-refractivity contribution in [2.24, 2.45) is 5.92 Å². The topological polar surface area (TPSA) is 12.0 Å². The second-order valence-electron chi connectivity index (χ2n) is 5.46. The third-order valence-corrected chi connectivity index (χ3v) is 3.30. The van der Waals surface area contributed by atoms with Gasteiger partial charge in [0.15, 0.2) is 0 Å². The maximum Gasteiger partial charge on any atom is 0.0325 e. The van der Waals surface area contributed by atoms with Crippen LogP contribution in [0, 0.1) is 5.92 Å². The fourth-order valence-corrected chi connectivity index (χ4v) is 2.33. The molecule has 2 aromatic carbocycles. The highest BCUT2D eigenvalue weighted by atomic mass is 14.9. The Labute approximate surface area is 116 Å². The molecule has 1 atom stereocenters. The first kappa shape index (κ1) is 13.8. The summed E-state index contributed by atoms with van der Waals surface area (Å²) >= 11 is 0.